The summed E-state index contributed by atoms with van der Waals surface area (Å²) in [6.07, 6.45) is 2.11. The third kappa shape index (κ3) is 4.27. The Morgan fingerprint density at radius 3 is 3.05 bits per heavy atom. The molecule has 1 fully saturated rings. The van der Waals surface area contributed by atoms with E-state index in [1.165, 1.54) is 0 Å². The molecule has 110 valence electrons. The van der Waals surface area contributed by atoms with E-state index in [4.69, 9.17) is 32.7 Å². The zero-order valence-corrected chi connectivity index (χ0v) is 12.7. The lowest BCUT2D eigenvalue weighted by Crippen LogP contribution is -2.42. The number of halogens is 2. The topological polar surface area (TPSA) is 47.6 Å². The second-order valence-corrected chi connectivity index (χ2v) is 5.61. The monoisotopic (exact) mass is 317 g/mol. The minimum Gasteiger partial charge on any atom is -0.482 e. The highest BCUT2D eigenvalue weighted by molar-refractivity contribution is 6.34. The summed E-state index contributed by atoms with van der Waals surface area (Å²) in [5.74, 6) is 0.197. The predicted octanol–water partition coefficient (Wildman–Crippen LogP) is 3.06. The molecule has 1 saturated heterocycles. The van der Waals surface area contributed by atoms with Gasteiger partial charge in [-0.05, 0) is 31.9 Å². The number of hydrogen-bond donors (Lipinski definition) is 1. The van der Waals surface area contributed by atoms with Crippen molar-refractivity contribution in [1.82, 2.24) is 5.32 Å². The maximum absolute atomic E-state index is 11.8. The van der Waals surface area contributed by atoms with E-state index in [1.807, 2.05) is 6.92 Å². The highest BCUT2D eigenvalue weighted by Crippen LogP contribution is 2.27. The fourth-order valence-electron chi connectivity index (χ4n) is 2.12. The molecule has 1 aromatic rings. The fraction of sp³-hybridized carbons (Fsp3) is 0.500. The first-order valence-corrected chi connectivity index (χ1v) is 7.30. The van der Waals surface area contributed by atoms with Crippen LogP contribution in [0.5, 0.6) is 5.75 Å². The lowest BCUT2D eigenvalue weighted by molar-refractivity contribution is -0.124. The molecule has 4 nitrogen and oxygen atoms in total. The van der Waals surface area contributed by atoms with Crippen LogP contribution in [0.1, 0.15) is 19.8 Å². The van der Waals surface area contributed by atoms with Crippen LogP contribution in [0.2, 0.25) is 10.0 Å². The Balaban J connectivity index is 1.81. The lowest BCUT2D eigenvalue weighted by atomic mass is 10.1. The molecule has 1 aliphatic rings. The summed E-state index contributed by atoms with van der Waals surface area (Å²) in [5, 5.41) is 3.80. The second kappa shape index (κ2) is 7.16. The van der Waals surface area contributed by atoms with E-state index in [0.29, 0.717) is 15.8 Å². The van der Waals surface area contributed by atoms with E-state index in [9.17, 15) is 4.79 Å². The largest absolute Gasteiger partial charge is 0.482 e. The van der Waals surface area contributed by atoms with Crippen LogP contribution in [-0.2, 0) is 9.53 Å². The van der Waals surface area contributed by atoms with Gasteiger partial charge in [0, 0.05) is 17.7 Å². The van der Waals surface area contributed by atoms with Gasteiger partial charge in [-0.3, -0.25) is 4.79 Å². The molecular weight excluding hydrogens is 301 g/mol. The highest BCUT2D eigenvalue weighted by atomic mass is 35.5. The number of benzene rings is 1. The molecule has 6 heteroatoms. The number of nitrogens with one attached hydrogen (secondary N) is 1. The average molecular weight is 318 g/mol. The summed E-state index contributed by atoms with van der Waals surface area (Å²) in [5.41, 5.74) is 0. The third-order valence-electron chi connectivity index (χ3n) is 3.16. The standard InChI is InChI=1S/C14H17Cl2NO3/c1-9(12-3-2-6-19-12)17-14(18)8-20-13-7-10(15)4-5-11(13)16/h4-5,7,9,12H,2-3,6,8H2,1H3,(H,17,18)/t9-,12+/m1/s1. The van der Waals surface area contributed by atoms with E-state index in [-0.39, 0.29) is 24.7 Å². The summed E-state index contributed by atoms with van der Waals surface area (Å²) in [6, 6.07) is 4.85. The van der Waals surface area contributed by atoms with Gasteiger partial charge in [0.15, 0.2) is 6.61 Å². The van der Waals surface area contributed by atoms with Crippen LogP contribution in [0, 0.1) is 0 Å². The zero-order chi connectivity index (χ0) is 14.5. The normalized spacial score (nSPS) is 19.6. The van der Waals surface area contributed by atoms with Crippen molar-refractivity contribution in [3.05, 3.63) is 28.2 Å². The summed E-state index contributed by atoms with van der Waals surface area (Å²) >= 11 is 11.8. The van der Waals surface area contributed by atoms with Gasteiger partial charge in [-0.15, -0.1) is 0 Å². The van der Waals surface area contributed by atoms with Crippen LogP contribution in [0.15, 0.2) is 18.2 Å². The van der Waals surface area contributed by atoms with Gasteiger partial charge in [-0.25, -0.2) is 0 Å². The number of carbonyl (C=O) groups excluding carboxylic acids is 1. The average Bonchev–Trinajstić information content (AvgIpc) is 2.94. The molecule has 1 N–H and O–H groups in total. The van der Waals surface area contributed by atoms with Gasteiger partial charge in [0.2, 0.25) is 0 Å². The van der Waals surface area contributed by atoms with Crippen molar-refractivity contribution in [2.24, 2.45) is 0 Å². The Hall–Kier alpha value is -0.970. The first-order valence-electron chi connectivity index (χ1n) is 6.55. The van der Waals surface area contributed by atoms with Gasteiger partial charge in [0.25, 0.3) is 5.91 Å². The summed E-state index contributed by atoms with van der Waals surface area (Å²) in [7, 11) is 0. The van der Waals surface area contributed by atoms with Crippen LogP contribution in [-0.4, -0.2) is 31.3 Å². The van der Waals surface area contributed by atoms with Crippen LogP contribution < -0.4 is 10.1 Å². The first kappa shape index (κ1) is 15.4. The molecule has 1 heterocycles. The summed E-state index contributed by atoms with van der Waals surface area (Å²) in [6.45, 7) is 2.59. The Bertz CT molecular complexity index is 475. The Labute approximate surface area is 128 Å². The molecule has 20 heavy (non-hydrogen) atoms. The smallest absolute Gasteiger partial charge is 0.258 e. The van der Waals surface area contributed by atoms with E-state index in [0.717, 1.165) is 19.4 Å². The van der Waals surface area contributed by atoms with Crippen LogP contribution in [0.3, 0.4) is 0 Å². The van der Waals surface area contributed by atoms with Gasteiger partial charge in [0.05, 0.1) is 17.2 Å². The Morgan fingerprint density at radius 2 is 2.35 bits per heavy atom. The molecule has 0 saturated carbocycles. The van der Waals surface area contributed by atoms with Crippen molar-refractivity contribution in [3.63, 3.8) is 0 Å². The minimum atomic E-state index is -0.205. The zero-order valence-electron chi connectivity index (χ0n) is 11.2. The molecule has 1 amide bonds. The maximum atomic E-state index is 11.8. The number of rotatable bonds is 5. The number of carbonyl (C=O) groups is 1. The molecule has 1 aliphatic heterocycles. The van der Waals surface area contributed by atoms with E-state index in [1.54, 1.807) is 18.2 Å². The second-order valence-electron chi connectivity index (χ2n) is 4.77. The van der Waals surface area contributed by atoms with E-state index >= 15 is 0 Å². The quantitative estimate of drug-likeness (QED) is 0.908. The Kier molecular flexibility index (Phi) is 5.52. The van der Waals surface area contributed by atoms with Gasteiger partial charge in [-0.1, -0.05) is 23.2 Å². The molecule has 0 unspecified atom stereocenters. The van der Waals surface area contributed by atoms with Crippen LogP contribution >= 0.6 is 23.2 Å². The number of amides is 1. The SMILES string of the molecule is C[C@@H](NC(=O)COc1cc(Cl)ccc1Cl)[C@@H]1CCCO1. The molecule has 2 rings (SSSR count). The van der Waals surface area contributed by atoms with Crippen molar-refractivity contribution >= 4 is 29.1 Å². The van der Waals surface area contributed by atoms with Crippen molar-refractivity contribution in [2.75, 3.05) is 13.2 Å². The van der Waals surface area contributed by atoms with Gasteiger partial charge in [-0.2, -0.15) is 0 Å². The van der Waals surface area contributed by atoms with E-state index < -0.39 is 0 Å². The van der Waals surface area contributed by atoms with Crippen molar-refractivity contribution in [2.45, 2.75) is 31.9 Å². The fourth-order valence-corrected chi connectivity index (χ4v) is 2.45. The molecule has 0 aliphatic carbocycles. The molecular formula is C14H17Cl2NO3. The van der Waals surface area contributed by atoms with E-state index in [2.05, 4.69) is 5.32 Å². The van der Waals surface area contributed by atoms with Crippen LogP contribution in [0.4, 0.5) is 0 Å². The molecule has 0 spiro atoms. The molecule has 0 bridgehead atoms. The highest BCUT2D eigenvalue weighted by Gasteiger charge is 2.23. The number of ether oxygens (including phenoxy) is 2. The number of hydrogen-bond acceptors (Lipinski definition) is 3. The predicted molar refractivity (Wildman–Crippen MR) is 78.5 cm³/mol. The summed E-state index contributed by atoms with van der Waals surface area (Å²) in [4.78, 5) is 11.8. The first-order chi connectivity index (χ1) is 9.56. The molecule has 0 aromatic heterocycles. The minimum absolute atomic E-state index is 0.0246. The lowest BCUT2D eigenvalue weighted by Gasteiger charge is -2.20. The third-order valence-corrected chi connectivity index (χ3v) is 3.71. The Morgan fingerprint density at radius 1 is 1.55 bits per heavy atom. The molecule has 0 radical (unpaired) electrons. The molecule has 1 aromatic carbocycles. The van der Waals surface area contributed by atoms with Gasteiger partial charge < -0.3 is 14.8 Å². The van der Waals surface area contributed by atoms with Crippen molar-refractivity contribution in [3.8, 4) is 5.75 Å². The van der Waals surface area contributed by atoms with Crippen molar-refractivity contribution in [1.29, 1.82) is 0 Å². The molecule has 2 atom stereocenters. The van der Waals surface area contributed by atoms with Crippen molar-refractivity contribution < 1.29 is 14.3 Å². The van der Waals surface area contributed by atoms with Gasteiger partial charge in [0.1, 0.15) is 5.75 Å². The summed E-state index contributed by atoms with van der Waals surface area (Å²) < 4.78 is 10.9. The maximum Gasteiger partial charge on any atom is 0.258 e. The van der Waals surface area contributed by atoms with Gasteiger partial charge >= 0.3 is 0 Å². The van der Waals surface area contributed by atoms with Crippen LogP contribution in [0.25, 0.3) is 0 Å².